The van der Waals surface area contributed by atoms with Crippen molar-refractivity contribution in [3.05, 3.63) is 95.6 Å². The minimum absolute atomic E-state index is 0.0944. The van der Waals surface area contributed by atoms with Crippen molar-refractivity contribution in [1.29, 1.82) is 0 Å². The van der Waals surface area contributed by atoms with Gasteiger partial charge >= 0.3 is 12.1 Å². The fourth-order valence-corrected chi connectivity index (χ4v) is 4.37. The van der Waals surface area contributed by atoms with Crippen LogP contribution in [0.25, 0.3) is 11.1 Å². The maximum absolute atomic E-state index is 12.8. The third-order valence-electron chi connectivity index (χ3n) is 6.09. The fraction of sp³-hybridized carbons (Fsp3) is 0.214. The SMILES string of the molecule is O=C(O)CNC(=O)CNC(=O)[C@H](Cc1ccccc1)NC(=O)OCC1c2ccccc2-c2ccccc21. The number of carboxylic acids is 1. The van der Waals surface area contributed by atoms with E-state index >= 15 is 0 Å². The second-order valence-corrected chi connectivity index (χ2v) is 8.60. The zero-order valence-electron chi connectivity index (χ0n) is 20.0. The zero-order valence-corrected chi connectivity index (χ0v) is 20.0. The van der Waals surface area contributed by atoms with Crippen LogP contribution < -0.4 is 16.0 Å². The predicted molar refractivity (Wildman–Crippen MR) is 136 cm³/mol. The molecule has 0 aliphatic heterocycles. The van der Waals surface area contributed by atoms with Crippen molar-refractivity contribution in [2.75, 3.05) is 19.7 Å². The summed E-state index contributed by atoms with van der Waals surface area (Å²) in [6.45, 7) is -0.888. The summed E-state index contributed by atoms with van der Waals surface area (Å²) in [5, 5.41) is 15.9. The summed E-state index contributed by atoms with van der Waals surface area (Å²) < 4.78 is 5.57. The molecule has 0 heterocycles. The lowest BCUT2D eigenvalue weighted by Gasteiger charge is -2.20. The number of carboxylic acid groups (broad SMARTS) is 1. The molecular formula is C28H27N3O6. The van der Waals surface area contributed by atoms with Crippen molar-refractivity contribution >= 4 is 23.9 Å². The van der Waals surface area contributed by atoms with Crippen LogP contribution in [-0.4, -0.2) is 54.7 Å². The van der Waals surface area contributed by atoms with Gasteiger partial charge in [0.25, 0.3) is 0 Å². The van der Waals surface area contributed by atoms with E-state index in [1.54, 1.807) is 0 Å². The van der Waals surface area contributed by atoms with Crippen LogP contribution >= 0.6 is 0 Å². The average Bonchev–Trinajstić information content (AvgIpc) is 3.23. The molecule has 0 bridgehead atoms. The number of rotatable bonds is 10. The van der Waals surface area contributed by atoms with Crippen molar-refractivity contribution in [3.63, 3.8) is 0 Å². The van der Waals surface area contributed by atoms with Crippen molar-refractivity contribution in [1.82, 2.24) is 16.0 Å². The fourth-order valence-electron chi connectivity index (χ4n) is 4.37. The van der Waals surface area contributed by atoms with Gasteiger partial charge in [-0.25, -0.2) is 4.79 Å². The van der Waals surface area contributed by atoms with E-state index in [9.17, 15) is 19.2 Å². The molecule has 3 aromatic rings. The van der Waals surface area contributed by atoms with Crippen LogP contribution in [0.5, 0.6) is 0 Å². The lowest BCUT2D eigenvalue weighted by atomic mass is 9.98. The smallest absolute Gasteiger partial charge is 0.407 e. The number of alkyl carbamates (subject to hydrolysis) is 1. The van der Waals surface area contributed by atoms with Gasteiger partial charge in [-0.1, -0.05) is 78.9 Å². The van der Waals surface area contributed by atoms with Crippen LogP contribution in [-0.2, 0) is 25.5 Å². The second kappa shape index (κ2) is 11.9. The number of hydrogen-bond donors (Lipinski definition) is 4. The second-order valence-electron chi connectivity index (χ2n) is 8.60. The summed E-state index contributed by atoms with van der Waals surface area (Å²) in [4.78, 5) is 48.0. The maximum atomic E-state index is 12.8. The number of aliphatic carboxylic acids is 1. The number of ether oxygens (including phenoxy) is 1. The molecule has 0 spiro atoms. The number of nitrogens with one attached hydrogen (secondary N) is 3. The highest BCUT2D eigenvalue weighted by molar-refractivity contribution is 5.90. The summed E-state index contributed by atoms with van der Waals surface area (Å²) in [7, 11) is 0. The quantitative estimate of drug-likeness (QED) is 0.337. The number of fused-ring (bicyclic) bond motifs is 3. The molecule has 1 aliphatic rings. The average molecular weight is 502 g/mol. The van der Waals surface area contributed by atoms with Crippen molar-refractivity contribution in [2.24, 2.45) is 0 Å². The third-order valence-corrected chi connectivity index (χ3v) is 6.09. The summed E-state index contributed by atoms with van der Waals surface area (Å²) in [5.41, 5.74) is 5.16. The molecule has 3 amide bonds. The first-order valence-corrected chi connectivity index (χ1v) is 11.8. The van der Waals surface area contributed by atoms with Gasteiger partial charge in [0, 0.05) is 12.3 Å². The van der Waals surface area contributed by atoms with E-state index in [1.807, 2.05) is 78.9 Å². The van der Waals surface area contributed by atoms with Crippen molar-refractivity contribution in [2.45, 2.75) is 18.4 Å². The molecule has 1 aliphatic carbocycles. The number of carbonyl (C=O) groups excluding carboxylic acids is 3. The molecule has 1 atom stereocenters. The first-order chi connectivity index (χ1) is 17.9. The normalized spacial score (nSPS) is 12.5. The van der Waals surface area contributed by atoms with E-state index < -0.39 is 43.0 Å². The molecule has 4 rings (SSSR count). The largest absolute Gasteiger partial charge is 0.480 e. The molecule has 0 fully saturated rings. The Morgan fingerprint density at radius 1 is 0.784 bits per heavy atom. The number of benzene rings is 3. The van der Waals surface area contributed by atoms with Crippen molar-refractivity contribution < 1.29 is 29.0 Å². The molecule has 9 heteroatoms. The highest BCUT2D eigenvalue weighted by Gasteiger charge is 2.30. The van der Waals surface area contributed by atoms with Gasteiger partial charge in [0.1, 0.15) is 19.2 Å². The summed E-state index contributed by atoms with van der Waals surface area (Å²) in [6, 6.07) is 24.1. The van der Waals surface area contributed by atoms with Crippen molar-refractivity contribution in [3.8, 4) is 11.1 Å². The molecule has 0 unspecified atom stereocenters. The predicted octanol–water partition coefficient (Wildman–Crippen LogP) is 2.45. The lowest BCUT2D eigenvalue weighted by molar-refractivity contribution is -0.137. The zero-order chi connectivity index (χ0) is 26.2. The molecule has 190 valence electrons. The van der Waals surface area contributed by atoms with E-state index in [-0.39, 0.29) is 18.9 Å². The van der Waals surface area contributed by atoms with Crippen LogP contribution in [0.2, 0.25) is 0 Å². The highest BCUT2D eigenvalue weighted by atomic mass is 16.5. The van der Waals surface area contributed by atoms with Crippen LogP contribution in [0.3, 0.4) is 0 Å². The van der Waals surface area contributed by atoms with Gasteiger partial charge in [-0.3, -0.25) is 14.4 Å². The molecular weight excluding hydrogens is 474 g/mol. The van der Waals surface area contributed by atoms with E-state index in [2.05, 4.69) is 16.0 Å². The van der Waals surface area contributed by atoms with E-state index in [0.717, 1.165) is 27.8 Å². The van der Waals surface area contributed by atoms with Gasteiger partial charge in [-0.05, 0) is 27.8 Å². The van der Waals surface area contributed by atoms with Gasteiger partial charge in [-0.15, -0.1) is 0 Å². The van der Waals surface area contributed by atoms with Gasteiger partial charge < -0.3 is 25.8 Å². The standard InChI is InChI=1S/C28H27N3O6/c32-25(29-16-26(33)34)15-30-27(35)24(14-18-8-2-1-3-9-18)31-28(36)37-17-23-21-12-6-4-10-19(21)20-11-5-7-13-22(20)23/h1-13,23-24H,14-17H2,(H,29,32)(H,30,35)(H,31,36)(H,33,34)/t24-/m0/s1. The Bertz CT molecular complexity index is 1250. The van der Waals surface area contributed by atoms with Crippen LogP contribution in [0.1, 0.15) is 22.6 Å². The Morgan fingerprint density at radius 2 is 1.38 bits per heavy atom. The maximum Gasteiger partial charge on any atom is 0.407 e. The Hall–Kier alpha value is -4.66. The number of hydrogen-bond acceptors (Lipinski definition) is 5. The topological polar surface area (TPSA) is 134 Å². The van der Waals surface area contributed by atoms with E-state index in [0.29, 0.717) is 0 Å². The summed E-state index contributed by atoms with van der Waals surface area (Å²) in [6.07, 6.45) is -0.582. The lowest BCUT2D eigenvalue weighted by Crippen LogP contribution is -2.50. The molecule has 0 saturated carbocycles. The first kappa shape index (κ1) is 25.4. The van der Waals surface area contributed by atoms with Crippen LogP contribution in [0.15, 0.2) is 78.9 Å². The molecule has 0 saturated heterocycles. The molecule has 0 radical (unpaired) electrons. The van der Waals surface area contributed by atoms with Crippen LogP contribution in [0, 0.1) is 0 Å². The minimum atomic E-state index is -1.20. The van der Waals surface area contributed by atoms with Gasteiger partial charge in [-0.2, -0.15) is 0 Å². The Morgan fingerprint density at radius 3 is 2.00 bits per heavy atom. The summed E-state index contributed by atoms with van der Waals surface area (Å²) in [5.74, 6) is -2.57. The van der Waals surface area contributed by atoms with Gasteiger partial charge in [0.15, 0.2) is 0 Å². The highest BCUT2D eigenvalue weighted by Crippen LogP contribution is 2.44. The van der Waals surface area contributed by atoms with Gasteiger partial charge in [0.2, 0.25) is 11.8 Å². The number of amides is 3. The number of carbonyl (C=O) groups is 4. The summed E-state index contributed by atoms with van der Waals surface area (Å²) >= 11 is 0. The molecule has 37 heavy (non-hydrogen) atoms. The molecule has 4 N–H and O–H groups in total. The van der Waals surface area contributed by atoms with Crippen LogP contribution in [0.4, 0.5) is 4.79 Å². The Kier molecular flexibility index (Phi) is 8.15. The van der Waals surface area contributed by atoms with E-state index in [1.165, 1.54) is 0 Å². The Balaban J connectivity index is 1.40. The Labute approximate surface area is 213 Å². The van der Waals surface area contributed by atoms with Gasteiger partial charge in [0.05, 0.1) is 6.54 Å². The van der Waals surface area contributed by atoms with E-state index in [4.69, 9.17) is 9.84 Å². The molecule has 3 aromatic carbocycles. The molecule has 9 nitrogen and oxygen atoms in total. The third kappa shape index (κ3) is 6.52. The first-order valence-electron chi connectivity index (χ1n) is 11.8. The monoisotopic (exact) mass is 501 g/mol. The molecule has 0 aromatic heterocycles. The minimum Gasteiger partial charge on any atom is -0.480 e.